The summed E-state index contributed by atoms with van der Waals surface area (Å²) >= 11 is 17.2. The van der Waals surface area contributed by atoms with Crippen molar-refractivity contribution in [1.29, 1.82) is 0 Å². The third-order valence-corrected chi connectivity index (χ3v) is 10.0. The van der Waals surface area contributed by atoms with Crippen LogP contribution in [0.1, 0.15) is 90.9 Å². The van der Waals surface area contributed by atoms with Crippen LogP contribution in [0.4, 0.5) is 0 Å². The van der Waals surface area contributed by atoms with Crippen LogP contribution < -0.4 is 0 Å². The molecule has 0 aliphatic carbocycles. The number of halogens is 3. The van der Waals surface area contributed by atoms with Crippen molar-refractivity contribution in [3.05, 3.63) is 0 Å². The second-order valence-corrected chi connectivity index (χ2v) is 19.3. The molecule has 166 valence electrons. The van der Waals surface area contributed by atoms with Crippen molar-refractivity contribution >= 4 is 48.0 Å². The molecule has 0 bridgehead atoms. The number of rotatable bonds is 17. The summed E-state index contributed by atoms with van der Waals surface area (Å²) in [6, 6.07) is -0.553. The van der Waals surface area contributed by atoms with E-state index in [0.717, 1.165) is 24.9 Å². The zero-order chi connectivity index (χ0) is 21.0. The van der Waals surface area contributed by atoms with Crippen molar-refractivity contribution in [2.24, 2.45) is 0 Å². The fraction of sp³-hybridized carbons (Fsp3) is 1.00. The van der Waals surface area contributed by atoms with Gasteiger partial charge in [0.25, 0.3) is 0 Å². The van der Waals surface area contributed by atoms with Gasteiger partial charge in [0.05, 0.1) is 0 Å². The third-order valence-electron chi connectivity index (χ3n) is 4.58. The minimum absolute atomic E-state index is 0.823. The van der Waals surface area contributed by atoms with Crippen LogP contribution in [-0.2, 0) is 13.3 Å². The highest BCUT2D eigenvalue weighted by Gasteiger charge is 2.36. The zero-order valence-electron chi connectivity index (χ0n) is 18.3. The molecule has 0 rings (SSSR count). The summed E-state index contributed by atoms with van der Waals surface area (Å²) in [4.78, 5) is 0. The topological polar surface area (TPSA) is 27.7 Å². The molecule has 0 unspecified atom stereocenters. The highest BCUT2D eigenvalue weighted by atomic mass is 35.8. The van der Waals surface area contributed by atoms with Gasteiger partial charge in [-0.2, -0.15) is 0 Å². The molecular formula is C19H43Cl3O3Si2. The minimum atomic E-state index is -2.31. The summed E-state index contributed by atoms with van der Waals surface area (Å²) in [6.07, 6.45) is 15.3. The van der Waals surface area contributed by atoms with Crippen LogP contribution in [0, 0.1) is 0 Å². The van der Waals surface area contributed by atoms with Crippen molar-refractivity contribution in [3.8, 4) is 0 Å². The van der Waals surface area contributed by atoms with Crippen LogP contribution in [0.3, 0.4) is 0 Å². The molecule has 0 atom stereocenters. The molecule has 0 saturated heterocycles. The van der Waals surface area contributed by atoms with Gasteiger partial charge in [-0.15, -0.1) is 33.2 Å². The molecule has 0 aromatic rings. The highest BCUT2D eigenvalue weighted by Crippen LogP contribution is 2.27. The monoisotopic (exact) mass is 480 g/mol. The van der Waals surface area contributed by atoms with E-state index in [1.165, 1.54) is 64.2 Å². The smallest absolute Gasteiger partial charge is 0.377 e. The summed E-state index contributed by atoms with van der Waals surface area (Å²) in [6.45, 7) is 4.45. The van der Waals surface area contributed by atoms with Crippen molar-refractivity contribution in [2.45, 2.75) is 103 Å². The Morgan fingerprint density at radius 1 is 0.519 bits per heavy atom. The molecule has 0 fully saturated rings. The Kier molecular flexibility index (Phi) is 23.0. The highest BCUT2D eigenvalue weighted by molar-refractivity contribution is 7.64. The zero-order valence-corrected chi connectivity index (χ0v) is 22.5. The van der Waals surface area contributed by atoms with E-state index < -0.39 is 14.8 Å². The van der Waals surface area contributed by atoms with Crippen LogP contribution in [0.15, 0.2) is 0 Å². The molecule has 0 amide bonds. The molecule has 0 heterocycles. The third kappa shape index (κ3) is 21.7. The van der Waals surface area contributed by atoms with E-state index in [1.807, 2.05) is 0 Å². The first-order valence-corrected chi connectivity index (χ1v) is 17.7. The molecule has 8 heteroatoms. The number of hydrogen-bond donors (Lipinski definition) is 0. The van der Waals surface area contributed by atoms with Gasteiger partial charge >= 0.3 is 14.8 Å². The molecular weight excluding hydrogens is 439 g/mol. The minimum Gasteiger partial charge on any atom is -0.377 e. The van der Waals surface area contributed by atoms with Crippen molar-refractivity contribution in [1.82, 2.24) is 0 Å². The van der Waals surface area contributed by atoms with E-state index in [0.29, 0.717) is 0 Å². The molecule has 0 saturated carbocycles. The van der Waals surface area contributed by atoms with E-state index in [2.05, 4.69) is 13.8 Å². The standard InChI is InChI=1S/C11H26O3Si.C8H17Cl3Si/c1-5-6-7-8-9-10-11-15(12-2,13-3)14-4;1-2-3-4-5-6-7-8-12(9,10)11/h5-11H2,1-4H3;2-8H2,1H3. The van der Waals surface area contributed by atoms with Gasteiger partial charge < -0.3 is 13.3 Å². The van der Waals surface area contributed by atoms with Crippen molar-refractivity contribution in [3.63, 3.8) is 0 Å². The average molecular weight is 482 g/mol. The van der Waals surface area contributed by atoms with Gasteiger partial charge in [-0.1, -0.05) is 84.5 Å². The molecule has 3 nitrogen and oxygen atoms in total. The van der Waals surface area contributed by atoms with E-state index in [-0.39, 0.29) is 0 Å². The van der Waals surface area contributed by atoms with E-state index in [1.54, 1.807) is 21.3 Å². The van der Waals surface area contributed by atoms with Crippen LogP contribution in [0.5, 0.6) is 0 Å². The summed E-state index contributed by atoms with van der Waals surface area (Å²) < 4.78 is 16.1. The largest absolute Gasteiger partial charge is 0.500 e. The first-order chi connectivity index (χ1) is 12.8. The van der Waals surface area contributed by atoms with Crippen LogP contribution in [0.2, 0.25) is 12.1 Å². The van der Waals surface area contributed by atoms with Gasteiger partial charge in [-0.05, 0) is 12.5 Å². The molecule has 27 heavy (non-hydrogen) atoms. The summed E-state index contributed by atoms with van der Waals surface area (Å²) in [7, 11) is 2.74. The second-order valence-electron chi connectivity index (χ2n) is 6.95. The van der Waals surface area contributed by atoms with Crippen molar-refractivity contribution < 1.29 is 13.3 Å². The van der Waals surface area contributed by atoms with Crippen molar-refractivity contribution in [2.75, 3.05) is 21.3 Å². The maximum Gasteiger partial charge on any atom is 0.500 e. The Morgan fingerprint density at radius 2 is 0.852 bits per heavy atom. The molecule has 0 aromatic carbocycles. The van der Waals surface area contributed by atoms with Gasteiger partial charge in [0.15, 0.2) is 0 Å². The molecule has 0 N–H and O–H groups in total. The fourth-order valence-corrected chi connectivity index (χ4v) is 6.43. The average Bonchev–Trinajstić information content (AvgIpc) is 2.64. The maximum absolute atomic E-state index is 5.74. The lowest BCUT2D eigenvalue weighted by molar-refractivity contribution is 0.122. The predicted molar refractivity (Wildman–Crippen MR) is 126 cm³/mol. The normalized spacial score (nSPS) is 12.0. The van der Waals surface area contributed by atoms with E-state index >= 15 is 0 Å². The fourth-order valence-electron chi connectivity index (χ4n) is 2.78. The van der Waals surface area contributed by atoms with Crippen LogP contribution >= 0.6 is 33.2 Å². The van der Waals surface area contributed by atoms with Gasteiger partial charge in [0, 0.05) is 27.4 Å². The lowest BCUT2D eigenvalue weighted by Crippen LogP contribution is -2.42. The Morgan fingerprint density at radius 3 is 1.19 bits per heavy atom. The first-order valence-electron chi connectivity index (χ1n) is 10.5. The summed E-state index contributed by atoms with van der Waals surface area (Å²) in [5, 5.41) is 0. The summed E-state index contributed by atoms with van der Waals surface area (Å²) in [5.74, 6) is 0. The molecule has 0 aromatic heterocycles. The lowest BCUT2D eigenvalue weighted by Gasteiger charge is -2.24. The summed E-state index contributed by atoms with van der Waals surface area (Å²) in [5.41, 5.74) is 0. The predicted octanol–water partition coefficient (Wildman–Crippen LogP) is 8.23. The van der Waals surface area contributed by atoms with E-state index in [4.69, 9.17) is 46.5 Å². The van der Waals surface area contributed by atoms with Gasteiger partial charge in [0.1, 0.15) is 0 Å². The Bertz CT molecular complexity index is 294. The van der Waals surface area contributed by atoms with Gasteiger partial charge in [-0.3, -0.25) is 0 Å². The van der Waals surface area contributed by atoms with Crippen LogP contribution in [-0.4, -0.2) is 36.1 Å². The SMILES string of the molecule is CCCCCCCC[Si](Cl)(Cl)Cl.CCCCCCCC[Si](OC)(OC)OC. The Labute approximate surface area is 185 Å². The van der Waals surface area contributed by atoms with Crippen LogP contribution in [0.25, 0.3) is 0 Å². The Hall–Kier alpha value is 1.18. The Balaban J connectivity index is 0. The van der Waals surface area contributed by atoms with Gasteiger partial charge in [-0.25, -0.2) is 0 Å². The van der Waals surface area contributed by atoms with Gasteiger partial charge in [0.2, 0.25) is 0 Å². The number of unbranched alkanes of at least 4 members (excludes halogenated alkanes) is 10. The second kappa shape index (κ2) is 20.5. The van der Waals surface area contributed by atoms with E-state index in [9.17, 15) is 0 Å². The molecule has 0 aliphatic rings. The first kappa shape index (κ1) is 30.4. The molecule has 0 spiro atoms. The molecule has 0 radical (unpaired) electrons. The lowest BCUT2D eigenvalue weighted by atomic mass is 10.1. The quantitative estimate of drug-likeness (QED) is 0.119. The molecule has 0 aliphatic heterocycles. The number of hydrogen-bond acceptors (Lipinski definition) is 3. The maximum atomic E-state index is 5.74.